The molecule has 3 aromatic heterocycles. The summed E-state index contributed by atoms with van der Waals surface area (Å²) in [7, 11) is 3.62. The van der Waals surface area contributed by atoms with Gasteiger partial charge in [-0.1, -0.05) is 38.1 Å². The molecule has 0 radical (unpaired) electrons. The molecule has 0 aliphatic heterocycles. The lowest BCUT2D eigenvalue weighted by Crippen LogP contribution is -2.20. The van der Waals surface area contributed by atoms with Crippen LogP contribution < -0.4 is 5.73 Å². The fourth-order valence-electron chi connectivity index (χ4n) is 5.78. The first-order valence-electron chi connectivity index (χ1n) is 14.0. The van der Waals surface area contributed by atoms with Gasteiger partial charge in [0.2, 0.25) is 0 Å². The summed E-state index contributed by atoms with van der Waals surface area (Å²) >= 11 is 0. The Labute approximate surface area is 235 Å². The van der Waals surface area contributed by atoms with E-state index >= 15 is 4.39 Å². The van der Waals surface area contributed by atoms with Gasteiger partial charge in [-0.3, -0.25) is 4.98 Å². The number of aryl methyl sites for hydroxylation is 2. The van der Waals surface area contributed by atoms with Crippen molar-refractivity contribution in [3.63, 3.8) is 0 Å². The van der Waals surface area contributed by atoms with E-state index < -0.39 is 11.4 Å². The van der Waals surface area contributed by atoms with E-state index in [1.807, 2.05) is 30.8 Å². The van der Waals surface area contributed by atoms with Crippen molar-refractivity contribution in [3.8, 4) is 11.3 Å². The largest absolute Gasteiger partial charge is 0.386 e. The molecule has 214 valence electrons. The van der Waals surface area contributed by atoms with E-state index in [0.717, 1.165) is 41.0 Å². The highest BCUT2D eigenvalue weighted by atomic mass is 19.1. The Hall–Kier alpha value is -3.43. The van der Waals surface area contributed by atoms with Gasteiger partial charge in [-0.2, -0.15) is 0 Å². The van der Waals surface area contributed by atoms with Crippen molar-refractivity contribution in [2.24, 2.45) is 29.6 Å². The first-order valence-corrected chi connectivity index (χ1v) is 14.0. The molecule has 4 aromatic rings. The monoisotopic (exact) mass is 547 g/mol. The third-order valence-corrected chi connectivity index (χ3v) is 7.79. The van der Waals surface area contributed by atoms with Crippen LogP contribution in [-0.2, 0) is 12.6 Å². The highest BCUT2D eigenvalue weighted by Crippen LogP contribution is 2.42. The normalized spacial score (nSPS) is 14.2. The van der Waals surface area contributed by atoms with Crippen molar-refractivity contribution in [2.45, 2.75) is 66.4 Å². The molecule has 0 amide bonds. The van der Waals surface area contributed by atoms with Crippen LogP contribution in [0, 0.1) is 24.6 Å². The number of hydrogen-bond acceptors (Lipinski definition) is 6. The average Bonchev–Trinajstić information content (AvgIpc) is 3.40. The molecule has 8 nitrogen and oxygen atoms in total. The van der Waals surface area contributed by atoms with Gasteiger partial charge in [0.25, 0.3) is 0 Å². The smallest absolute Gasteiger partial charge is 0.153 e. The minimum atomic E-state index is -1.36. The van der Waals surface area contributed by atoms with E-state index in [2.05, 4.69) is 42.1 Å². The summed E-state index contributed by atoms with van der Waals surface area (Å²) in [6, 6.07) is 5.59. The zero-order valence-corrected chi connectivity index (χ0v) is 25.0. The fraction of sp³-hybridized carbons (Fsp3) is 0.484. The molecule has 0 spiro atoms. The number of fused-ring (bicyclic) bond motifs is 3. The minimum Gasteiger partial charge on any atom is -0.386 e. The lowest BCUT2D eigenvalue weighted by atomic mass is 9.88. The Morgan fingerprint density at radius 1 is 1.27 bits per heavy atom. The third-order valence-electron chi connectivity index (χ3n) is 7.79. The number of aliphatic hydroxyl groups is 1. The Balaban J connectivity index is 2.27. The molecule has 4 rings (SSSR count). The lowest BCUT2D eigenvalue weighted by Gasteiger charge is -2.28. The van der Waals surface area contributed by atoms with Gasteiger partial charge >= 0.3 is 0 Å². The summed E-state index contributed by atoms with van der Waals surface area (Å²) < 4.78 is 20.5. The van der Waals surface area contributed by atoms with E-state index in [4.69, 9.17) is 10.7 Å². The summed E-state index contributed by atoms with van der Waals surface area (Å²) in [6.45, 7) is 12.1. The van der Waals surface area contributed by atoms with Crippen LogP contribution in [0.3, 0.4) is 0 Å². The second kappa shape index (κ2) is 11.6. The highest BCUT2D eigenvalue weighted by molar-refractivity contribution is 6.09. The summed E-state index contributed by atoms with van der Waals surface area (Å²) in [5.74, 6) is -0.205. The van der Waals surface area contributed by atoms with Crippen LogP contribution in [-0.4, -0.2) is 49.5 Å². The molecule has 9 heteroatoms. The van der Waals surface area contributed by atoms with Crippen LogP contribution in [0.4, 0.5) is 4.39 Å². The quantitative estimate of drug-likeness (QED) is 0.237. The Bertz CT molecular complexity index is 1570. The number of nitrogens with two attached hydrogens (primary N) is 1. The maximum Gasteiger partial charge on any atom is 0.153 e. The van der Waals surface area contributed by atoms with Crippen LogP contribution in [0.15, 0.2) is 35.0 Å². The van der Waals surface area contributed by atoms with E-state index in [9.17, 15) is 5.11 Å². The predicted octanol–water partition coefficient (Wildman–Crippen LogP) is 5.99. The standard InChI is InChI=1S/C31H42FN7O/c1-9-20(12-14-33)29(22(18(2)3)13-15-34-7)39-25-16-21(28-19(4)36-37-38(28)8)17-35-27(25)23-10-11-24(31(5,6)40)26(32)30(23)39/h10-11,15-18,20,40H,9,12-14,33H2,1-8H3/b29-22+,34-15?. The number of pyridine rings is 1. The van der Waals surface area contributed by atoms with E-state index in [-0.39, 0.29) is 17.4 Å². The molecule has 0 saturated heterocycles. The van der Waals surface area contributed by atoms with Crippen molar-refractivity contribution < 1.29 is 9.50 Å². The van der Waals surface area contributed by atoms with E-state index in [0.29, 0.717) is 29.4 Å². The SMILES string of the molecule is CCC(CCN)/C(=C(/CC=NC)C(C)C)n1c2cc(-c3c(C)nnn3C)cnc2c2ccc(C(C)(C)O)c(F)c21. The fourth-order valence-corrected chi connectivity index (χ4v) is 5.78. The van der Waals surface area contributed by atoms with Crippen molar-refractivity contribution in [1.82, 2.24) is 24.5 Å². The van der Waals surface area contributed by atoms with E-state index in [1.54, 1.807) is 37.8 Å². The van der Waals surface area contributed by atoms with Gasteiger partial charge < -0.3 is 20.4 Å². The summed E-state index contributed by atoms with van der Waals surface area (Å²) in [5, 5.41) is 20.0. The molecule has 1 atom stereocenters. The first-order chi connectivity index (χ1) is 19.0. The summed E-state index contributed by atoms with van der Waals surface area (Å²) in [5.41, 5.74) is 11.6. The van der Waals surface area contributed by atoms with E-state index in [1.165, 1.54) is 5.57 Å². The number of hydrogen-bond donors (Lipinski definition) is 2. The predicted molar refractivity (Wildman–Crippen MR) is 162 cm³/mol. The maximum atomic E-state index is 16.7. The van der Waals surface area contributed by atoms with Gasteiger partial charge in [0.05, 0.1) is 33.5 Å². The zero-order chi connectivity index (χ0) is 29.4. The molecular weight excluding hydrogens is 505 g/mol. The summed E-state index contributed by atoms with van der Waals surface area (Å²) in [4.78, 5) is 9.17. The molecule has 1 aromatic carbocycles. The number of halogens is 1. The number of benzene rings is 1. The van der Waals surface area contributed by atoms with Gasteiger partial charge in [0.1, 0.15) is 0 Å². The van der Waals surface area contributed by atoms with Crippen molar-refractivity contribution in [2.75, 3.05) is 13.6 Å². The van der Waals surface area contributed by atoms with Crippen molar-refractivity contribution in [3.05, 3.63) is 47.0 Å². The van der Waals surface area contributed by atoms with Gasteiger partial charge in [0.15, 0.2) is 5.82 Å². The summed E-state index contributed by atoms with van der Waals surface area (Å²) in [6.07, 6.45) is 5.92. The molecule has 40 heavy (non-hydrogen) atoms. The molecule has 0 fully saturated rings. The first kappa shape index (κ1) is 29.6. The molecule has 0 bridgehead atoms. The van der Waals surface area contributed by atoms with Gasteiger partial charge in [-0.25, -0.2) is 9.07 Å². The molecule has 0 aliphatic rings. The Kier molecular flexibility index (Phi) is 8.56. The van der Waals surface area contributed by atoms with Crippen molar-refractivity contribution in [1.29, 1.82) is 0 Å². The Morgan fingerprint density at radius 3 is 2.55 bits per heavy atom. The number of aromatic nitrogens is 5. The topological polar surface area (TPSA) is 107 Å². The maximum absolute atomic E-state index is 16.7. The molecule has 3 heterocycles. The lowest BCUT2D eigenvalue weighted by molar-refractivity contribution is 0.0748. The number of nitrogens with zero attached hydrogens (tertiary/aromatic N) is 6. The number of allylic oxidation sites excluding steroid dienone is 2. The van der Waals surface area contributed by atoms with Crippen molar-refractivity contribution >= 4 is 33.8 Å². The number of rotatable bonds is 10. The van der Waals surface area contributed by atoms with Crippen LogP contribution >= 0.6 is 0 Å². The molecule has 0 saturated carbocycles. The van der Waals surface area contributed by atoms with Crippen LogP contribution in [0.25, 0.3) is 38.9 Å². The molecule has 3 N–H and O–H groups in total. The second-order valence-electron chi connectivity index (χ2n) is 11.3. The van der Waals surface area contributed by atoms with Crippen LogP contribution in [0.2, 0.25) is 0 Å². The average molecular weight is 548 g/mol. The van der Waals surface area contributed by atoms with Crippen LogP contribution in [0.5, 0.6) is 0 Å². The second-order valence-corrected chi connectivity index (χ2v) is 11.3. The zero-order valence-electron chi connectivity index (χ0n) is 25.0. The van der Waals surface area contributed by atoms with Gasteiger partial charge in [-0.05, 0) is 57.7 Å². The molecular formula is C31H42FN7O. The van der Waals surface area contributed by atoms with Gasteiger partial charge in [-0.15, -0.1) is 5.10 Å². The third kappa shape index (κ3) is 5.20. The van der Waals surface area contributed by atoms with Crippen LogP contribution in [0.1, 0.15) is 65.1 Å². The molecule has 0 aliphatic carbocycles. The minimum absolute atomic E-state index is 0.0698. The Morgan fingerprint density at radius 2 is 2.00 bits per heavy atom. The van der Waals surface area contributed by atoms with Gasteiger partial charge in [0, 0.05) is 61.1 Å². The molecule has 1 unspecified atom stereocenters. The number of aliphatic imine (C=N–C) groups is 1. The highest BCUT2D eigenvalue weighted by Gasteiger charge is 2.30.